The Hall–Kier alpha value is -1.10. The van der Waals surface area contributed by atoms with E-state index < -0.39 is 11.5 Å². The quantitative estimate of drug-likeness (QED) is 0.812. The predicted molar refractivity (Wildman–Crippen MR) is 69.6 cm³/mol. The fourth-order valence-electron chi connectivity index (χ4n) is 3.30. The number of carbonyl (C=O) groups excluding carboxylic acids is 1. The van der Waals surface area contributed by atoms with Gasteiger partial charge in [-0.05, 0) is 39.0 Å². The molecule has 0 bridgehead atoms. The maximum absolute atomic E-state index is 12.4. The average Bonchev–Trinajstić information content (AvgIpc) is 2.49. The molecule has 4 atom stereocenters. The number of hydrogen-bond donors (Lipinski definition) is 2. The number of hydrogen-bond acceptors (Lipinski definition) is 3. The first kappa shape index (κ1) is 14.3. The van der Waals surface area contributed by atoms with Crippen LogP contribution in [0.3, 0.4) is 0 Å². The van der Waals surface area contributed by atoms with Crippen LogP contribution in [0.4, 0.5) is 0 Å². The summed E-state index contributed by atoms with van der Waals surface area (Å²) in [4.78, 5) is 23.3. The van der Waals surface area contributed by atoms with Gasteiger partial charge in [-0.15, -0.1) is 0 Å². The summed E-state index contributed by atoms with van der Waals surface area (Å²) in [5, 5.41) is 11.9. The van der Waals surface area contributed by atoms with Gasteiger partial charge in [-0.25, -0.2) is 0 Å². The highest BCUT2D eigenvalue weighted by Crippen LogP contribution is 2.37. The number of carboxylic acids is 1. The zero-order chi connectivity index (χ0) is 14.2. The van der Waals surface area contributed by atoms with Gasteiger partial charge in [0.25, 0.3) is 0 Å². The number of carbonyl (C=O) groups is 2. The Morgan fingerprint density at radius 1 is 1.26 bits per heavy atom. The van der Waals surface area contributed by atoms with Crippen LogP contribution < -0.4 is 5.32 Å². The SMILES string of the molecule is CC1OC(C)C(C(=O)NC2(CC(=O)O)CCC2)C1C. The third-order valence-corrected chi connectivity index (χ3v) is 4.73. The van der Waals surface area contributed by atoms with Crippen LogP contribution in [0.25, 0.3) is 0 Å². The van der Waals surface area contributed by atoms with Crippen molar-refractivity contribution in [1.29, 1.82) is 0 Å². The number of amides is 1. The van der Waals surface area contributed by atoms with Gasteiger partial charge in [0.1, 0.15) is 0 Å². The molecule has 0 aromatic carbocycles. The van der Waals surface area contributed by atoms with E-state index in [2.05, 4.69) is 5.32 Å². The summed E-state index contributed by atoms with van der Waals surface area (Å²) >= 11 is 0. The van der Waals surface area contributed by atoms with E-state index in [-0.39, 0.29) is 36.4 Å². The van der Waals surface area contributed by atoms with E-state index in [9.17, 15) is 9.59 Å². The molecule has 1 saturated heterocycles. The van der Waals surface area contributed by atoms with Gasteiger partial charge < -0.3 is 15.2 Å². The molecule has 2 rings (SSSR count). The van der Waals surface area contributed by atoms with Crippen LogP contribution in [-0.2, 0) is 14.3 Å². The Morgan fingerprint density at radius 2 is 1.89 bits per heavy atom. The molecular weight excluding hydrogens is 246 g/mol. The van der Waals surface area contributed by atoms with Gasteiger partial charge in [0.15, 0.2) is 0 Å². The third-order valence-electron chi connectivity index (χ3n) is 4.73. The van der Waals surface area contributed by atoms with E-state index in [1.807, 2.05) is 20.8 Å². The summed E-state index contributed by atoms with van der Waals surface area (Å²) in [7, 11) is 0. The van der Waals surface area contributed by atoms with Crippen molar-refractivity contribution in [2.24, 2.45) is 11.8 Å². The highest BCUT2D eigenvalue weighted by molar-refractivity contribution is 5.82. The normalized spacial score (nSPS) is 36.6. The Labute approximate surface area is 113 Å². The fraction of sp³-hybridized carbons (Fsp3) is 0.857. The van der Waals surface area contributed by atoms with E-state index >= 15 is 0 Å². The molecule has 0 radical (unpaired) electrons. The largest absolute Gasteiger partial charge is 0.481 e. The van der Waals surface area contributed by atoms with E-state index in [1.165, 1.54) is 0 Å². The first-order chi connectivity index (χ1) is 8.84. The molecule has 2 N–H and O–H groups in total. The molecule has 5 heteroatoms. The smallest absolute Gasteiger partial charge is 0.305 e. The van der Waals surface area contributed by atoms with Gasteiger partial charge >= 0.3 is 5.97 Å². The monoisotopic (exact) mass is 269 g/mol. The molecule has 4 unspecified atom stereocenters. The lowest BCUT2D eigenvalue weighted by Gasteiger charge is -2.42. The molecule has 108 valence electrons. The molecule has 0 aromatic heterocycles. The molecule has 0 aromatic rings. The summed E-state index contributed by atoms with van der Waals surface area (Å²) in [5.74, 6) is -0.916. The fourth-order valence-corrected chi connectivity index (χ4v) is 3.30. The number of carboxylic acid groups (broad SMARTS) is 1. The van der Waals surface area contributed by atoms with Crippen LogP contribution in [-0.4, -0.2) is 34.7 Å². The van der Waals surface area contributed by atoms with Crippen LogP contribution >= 0.6 is 0 Å². The molecule has 1 saturated carbocycles. The molecule has 1 aliphatic carbocycles. The summed E-state index contributed by atoms with van der Waals surface area (Å²) < 4.78 is 5.68. The zero-order valence-corrected chi connectivity index (χ0v) is 11.8. The Kier molecular flexibility index (Phi) is 3.85. The summed E-state index contributed by atoms with van der Waals surface area (Å²) in [6.07, 6.45) is 2.49. The van der Waals surface area contributed by atoms with Gasteiger partial charge in [-0.1, -0.05) is 6.92 Å². The summed E-state index contributed by atoms with van der Waals surface area (Å²) in [6.45, 7) is 5.91. The molecule has 1 amide bonds. The average molecular weight is 269 g/mol. The Morgan fingerprint density at radius 3 is 2.26 bits per heavy atom. The lowest BCUT2D eigenvalue weighted by molar-refractivity contribution is -0.141. The predicted octanol–water partition coefficient (Wildman–Crippen LogP) is 1.56. The van der Waals surface area contributed by atoms with Crippen molar-refractivity contribution in [3.8, 4) is 0 Å². The maximum Gasteiger partial charge on any atom is 0.305 e. The van der Waals surface area contributed by atoms with Crippen LogP contribution in [0.5, 0.6) is 0 Å². The highest BCUT2D eigenvalue weighted by atomic mass is 16.5. The molecule has 0 spiro atoms. The van der Waals surface area contributed by atoms with Crippen molar-refractivity contribution in [2.75, 3.05) is 0 Å². The van der Waals surface area contributed by atoms with E-state index in [1.54, 1.807) is 0 Å². The molecule has 1 heterocycles. The Bertz CT molecular complexity index is 378. The van der Waals surface area contributed by atoms with Crippen molar-refractivity contribution in [1.82, 2.24) is 5.32 Å². The third kappa shape index (κ3) is 2.76. The van der Waals surface area contributed by atoms with E-state index in [4.69, 9.17) is 9.84 Å². The van der Waals surface area contributed by atoms with Crippen molar-refractivity contribution >= 4 is 11.9 Å². The summed E-state index contributed by atoms with van der Waals surface area (Å²) in [6, 6.07) is 0. The topological polar surface area (TPSA) is 75.6 Å². The van der Waals surface area contributed by atoms with Crippen molar-refractivity contribution < 1.29 is 19.4 Å². The van der Waals surface area contributed by atoms with Gasteiger partial charge in [0.05, 0.1) is 30.1 Å². The number of aliphatic carboxylic acids is 1. The van der Waals surface area contributed by atoms with Crippen LogP contribution in [0, 0.1) is 11.8 Å². The van der Waals surface area contributed by atoms with E-state index in [0.29, 0.717) is 0 Å². The van der Waals surface area contributed by atoms with Crippen molar-refractivity contribution in [3.05, 3.63) is 0 Å². The lowest BCUT2D eigenvalue weighted by atomic mass is 9.73. The minimum absolute atomic E-state index is 0.0185. The van der Waals surface area contributed by atoms with Crippen molar-refractivity contribution in [3.63, 3.8) is 0 Å². The van der Waals surface area contributed by atoms with Crippen LogP contribution in [0.2, 0.25) is 0 Å². The molecule has 1 aliphatic heterocycles. The van der Waals surface area contributed by atoms with E-state index in [0.717, 1.165) is 19.3 Å². The van der Waals surface area contributed by atoms with Gasteiger partial charge in [-0.3, -0.25) is 9.59 Å². The Balaban J connectivity index is 2.02. The number of ether oxygens (including phenoxy) is 1. The van der Waals surface area contributed by atoms with Gasteiger partial charge in [0, 0.05) is 0 Å². The van der Waals surface area contributed by atoms with Crippen LogP contribution in [0.1, 0.15) is 46.5 Å². The second-order valence-electron chi connectivity index (χ2n) is 6.12. The second kappa shape index (κ2) is 5.12. The summed E-state index contributed by atoms with van der Waals surface area (Å²) in [5.41, 5.74) is -0.520. The van der Waals surface area contributed by atoms with Gasteiger partial charge in [-0.2, -0.15) is 0 Å². The lowest BCUT2D eigenvalue weighted by Crippen LogP contribution is -2.57. The first-order valence-electron chi connectivity index (χ1n) is 7.04. The number of rotatable bonds is 4. The van der Waals surface area contributed by atoms with Crippen LogP contribution in [0.15, 0.2) is 0 Å². The molecule has 2 aliphatic rings. The molecule has 5 nitrogen and oxygen atoms in total. The molecular formula is C14H23NO4. The highest BCUT2D eigenvalue weighted by Gasteiger charge is 2.46. The molecule has 2 fully saturated rings. The maximum atomic E-state index is 12.4. The number of nitrogens with one attached hydrogen (secondary N) is 1. The zero-order valence-electron chi connectivity index (χ0n) is 11.8. The van der Waals surface area contributed by atoms with Crippen molar-refractivity contribution in [2.45, 2.75) is 64.2 Å². The minimum atomic E-state index is -0.850. The second-order valence-corrected chi connectivity index (χ2v) is 6.12. The standard InChI is InChI=1S/C14H23NO4/c1-8-9(2)19-10(3)12(8)13(18)15-14(5-4-6-14)7-11(16)17/h8-10,12H,4-7H2,1-3H3,(H,15,18)(H,16,17). The minimum Gasteiger partial charge on any atom is -0.481 e. The van der Waals surface area contributed by atoms with Gasteiger partial charge in [0.2, 0.25) is 5.91 Å². The first-order valence-corrected chi connectivity index (χ1v) is 7.04. The molecule has 19 heavy (non-hydrogen) atoms.